The maximum atomic E-state index is 12.2. The van der Waals surface area contributed by atoms with Crippen LogP contribution in [0.25, 0.3) is 0 Å². The van der Waals surface area contributed by atoms with Crippen LogP contribution in [0.4, 0.5) is 13.2 Å². The Morgan fingerprint density at radius 1 is 1.17 bits per heavy atom. The number of hydrogen-bond donors (Lipinski definition) is 2. The van der Waals surface area contributed by atoms with Crippen molar-refractivity contribution in [3.05, 3.63) is 35.4 Å². The molecule has 130 valence electrons. The van der Waals surface area contributed by atoms with Crippen molar-refractivity contribution in [2.75, 3.05) is 34.2 Å². The zero-order chi connectivity index (χ0) is 17.5. The number of hydrogen-bond acceptors (Lipinski definition) is 2. The van der Waals surface area contributed by atoms with E-state index >= 15 is 0 Å². The van der Waals surface area contributed by atoms with Crippen LogP contribution in [-0.2, 0) is 0 Å². The molecule has 0 saturated heterocycles. The van der Waals surface area contributed by atoms with E-state index in [1.165, 1.54) is 5.56 Å². The molecule has 4 nitrogen and oxygen atoms in total. The number of aryl methyl sites for hydroxylation is 1. The minimum absolute atomic E-state index is 0.0942. The number of likely N-dealkylation sites (N-methyl/N-ethyl adjacent to an activating group) is 1. The molecule has 1 atom stereocenters. The molecule has 2 N–H and O–H groups in total. The molecule has 0 aliphatic rings. The van der Waals surface area contributed by atoms with Crippen LogP contribution in [-0.4, -0.2) is 51.3 Å². The molecule has 0 saturated carbocycles. The fourth-order valence-corrected chi connectivity index (χ4v) is 2.12. The van der Waals surface area contributed by atoms with Gasteiger partial charge in [0.2, 0.25) is 0 Å². The lowest BCUT2D eigenvalue weighted by molar-refractivity contribution is -0.132. The summed E-state index contributed by atoms with van der Waals surface area (Å²) in [6.45, 7) is 2.38. The van der Waals surface area contributed by atoms with Gasteiger partial charge in [0.25, 0.3) is 0 Å². The summed E-state index contributed by atoms with van der Waals surface area (Å²) in [5.41, 5.74) is 2.32. The van der Waals surface area contributed by atoms with Crippen molar-refractivity contribution >= 4 is 5.96 Å². The summed E-state index contributed by atoms with van der Waals surface area (Å²) in [6.07, 6.45) is -5.05. The Hall–Kier alpha value is -1.76. The van der Waals surface area contributed by atoms with E-state index in [4.69, 9.17) is 0 Å². The number of alkyl halides is 3. The van der Waals surface area contributed by atoms with E-state index in [1.807, 2.05) is 33.2 Å². The number of benzene rings is 1. The van der Waals surface area contributed by atoms with Gasteiger partial charge in [0.1, 0.15) is 0 Å². The van der Waals surface area contributed by atoms with Crippen LogP contribution in [0.3, 0.4) is 0 Å². The SMILES string of the molecule is CN=C(NCCC(F)(F)F)NCC(c1ccc(C)cc1)N(C)C. The first kappa shape index (κ1) is 19.3. The lowest BCUT2D eigenvalue weighted by Crippen LogP contribution is -2.42. The van der Waals surface area contributed by atoms with Crippen LogP contribution in [0.1, 0.15) is 23.6 Å². The Bertz CT molecular complexity index is 495. The van der Waals surface area contributed by atoms with Crippen LogP contribution in [0.15, 0.2) is 29.3 Å². The van der Waals surface area contributed by atoms with Crippen molar-refractivity contribution in [2.45, 2.75) is 25.6 Å². The van der Waals surface area contributed by atoms with Crippen molar-refractivity contribution in [1.29, 1.82) is 0 Å². The van der Waals surface area contributed by atoms with Gasteiger partial charge in [-0.1, -0.05) is 29.8 Å². The molecule has 1 rings (SSSR count). The molecule has 0 amide bonds. The number of guanidine groups is 1. The van der Waals surface area contributed by atoms with Crippen LogP contribution in [0.2, 0.25) is 0 Å². The van der Waals surface area contributed by atoms with Gasteiger partial charge in [0.05, 0.1) is 12.5 Å². The Labute approximate surface area is 135 Å². The van der Waals surface area contributed by atoms with Crippen LogP contribution < -0.4 is 10.6 Å². The van der Waals surface area contributed by atoms with Gasteiger partial charge in [-0.25, -0.2) is 0 Å². The van der Waals surface area contributed by atoms with Crippen molar-refractivity contribution in [2.24, 2.45) is 4.99 Å². The van der Waals surface area contributed by atoms with Gasteiger partial charge in [0, 0.05) is 20.1 Å². The van der Waals surface area contributed by atoms with Crippen LogP contribution in [0, 0.1) is 6.92 Å². The average Bonchev–Trinajstić information content (AvgIpc) is 2.45. The molecular weight excluding hydrogens is 305 g/mol. The molecule has 23 heavy (non-hydrogen) atoms. The largest absolute Gasteiger partial charge is 0.390 e. The van der Waals surface area contributed by atoms with E-state index in [9.17, 15) is 13.2 Å². The first-order chi connectivity index (χ1) is 10.7. The smallest absolute Gasteiger partial charge is 0.356 e. The van der Waals surface area contributed by atoms with E-state index in [1.54, 1.807) is 7.05 Å². The minimum atomic E-state index is -4.17. The van der Waals surface area contributed by atoms with E-state index < -0.39 is 12.6 Å². The van der Waals surface area contributed by atoms with Crippen molar-refractivity contribution in [3.63, 3.8) is 0 Å². The Morgan fingerprint density at radius 2 is 1.78 bits per heavy atom. The Balaban J connectivity index is 2.58. The second-order valence-corrected chi connectivity index (χ2v) is 5.64. The quantitative estimate of drug-likeness (QED) is 0.622. The predicted octanol–water partition coefficient (Wildman–Crippen LogP) is 2.72. The van der Waals surface area contributed by atoms with E-state index in [0.717, 1.165) is 5.56 Å². The highest BCUT2D eigenvalue weighted by atomic mass is 19.4. The summed E-state index contributed by atoms with van der Waals surface area (Å²) >= 11 is 0. The lowest BCUT2D eigenvalue weighted by atomic mass is 10.0. The van der Waals surface area contributed by atoms with Gasteiger partial charge in [-0.05, 0) is 26.6 Å². The molecule has 1 unspecified atom stereocenters. The second kappa shape index (κ2) is 8.76. The Kier molecular flexibility index (Phi) is 7.35. The summed E-state index contributed by atoms with van der Waals surface area (Å²) in [4.78, 5) is 6.01. The lowest BCUT2D eigenvalue weighted by Gasteiger charge is -2.26. The van der Waals surface area contributed by atoms with E-state index in [0.29, 0.717) is 12.5 Å². The summed E-state index contributed by atoms with van der Waals surface area (Å²) < 4.78 is 36.5. The fraction of sp³-hybridized carbons (Fsp3) is 0.562. The standard InChI is InChI=1S/C16H25F3N4/c1-12-5-7-13(8-6-12)14(23(3)4)11-22-15(20-2)21-10-9-16(17,18)19/h5-8,14H,9-11H2,1-4H3,(H2,20,21,22). The zero-order valence-corrected chi connectivity index (χ0v) is 14.0. The molecule has 0 aliphatic heterocycles. The molecular formula is C16H25F3N4. The average molecular weight is 330 g/mol. The highest BCUT2D eigenvalue weighted by Crippen LogP contribution is 2.19. The molecule has 7 heteroatoms. The predicted molar refractivity (Wildman–Crippen MR) is 87.6 cm³/mol. The van der Waals surface area contributed by atoms with Crippen LogP contribution in [0.5, 0.6) is 0 Å². The molecule has 0 aromatic heterocycles. The summed E-state index contributed by atoms with van der Waals surface area (Å²) in [5, 5.41) is 5.76. The van der Waals surface area contributed by atoms with E-state index in [2.05, 4.69) is 32.7 Å². The monoisotopic (exact) mass is 330 g/mol. The topological polar surface area (TPSA) is 39.7 Å². The normalized spacial score (nSPS) is 14.0. The first-order valence-corrected chi connectivity index (χ1v) is 7.47. The summed E-state index contributed by atoms with van der Waals surface area (Å²) in [7, 11) is 5.47. The van der Waals surface area contributed by atoms with Crippen LogP contribution >= 0.6 is 0 Å². The van der Waals surface area contributed by atoms with Gasteiger partial charge in [-0.3, -0.25) is 4.99 Å². The molecule has 1 aromatic rings. The molecule has 1 aromatic carbocycles. The van der Waals surface area contributed by atoms with Gasteiger partial charge >= 0.3 is 6.18 Å². The number of nitrogens with zero attached hydrogens (tertiary/aromatic N) is 2. The molecule has 0 fully saturated rings. The molecule has 0 aliphatic carbocycles. The minimum Gasteiger partial charge on any atom is -0.356 e. The third kappa shape index (κ3) is 7.36. The van der Waals surface area contributed by atoms with Crippen molar-refractivity contribution in [1.82, 2.24) is 15.5 Å². The second-order valence-electron chi connectivity index (χ2n) is 5.64. The fourth-order valence-electron chi connectivity index (χ4n) is 2.12. The summed E-state index contributed by atoms with van der Waals surface area (Å²) in [5.74, 6) is 0.369. The number of nitrogens with one attached hydrogen (secondary N) is 2. The van der Waals surface area contributed by atoms with Crippen molar-refractivity contribution in [3.8, 4) is 0 Å². The summed E-state index contributed by atoms with van der Waals surface area (Å²) in [6, 6.07) is 8.30. The van der Waals surface area contributed by atoms with Gasteiger partial charge in [-0.2, -0.15) is 13.2 Å². The Morgan fingerprint density at radius 3 is 2.26 bits per heavy atom. The van der Waals surface area contributed by atoms with Crippen molar-refractivity contribution < 1.29 is 13.2 Å². The molecule has 0 radical (unpaired) electrons. The highest BCUT2D eigenvalue weighted by molar-refractivity contribution is 5.79. The third-order valence-corrected chi connectivity index (χ3v) is 3.47. The number of halogens is 3. The van der Waals surface area contributed by atoms with E-state index in [-0.39, 0.29) is 12.6 Å². The molecule has 0 heterocycles. The maximum absolute atomic E-state index is 12.2. The maximum Gasteiger partial charge on any atom is 0.390 e. The highest BCUT2D eigenvalue weighted by Gasteiger charge is 2.26. The third-order valence-electron chi connectivity index (χ3n) is 3.47. The molecule has 0 bridgehead atoms. The van der Waals surface area contributed by atoms with Gasteiger partial charge in [0.15, 0.2) is 5.96 Å². The molecule has 0 spiro atoms. The number of aliphatic imine (C=N–C) groups is 1. The van der Waals surface area contributed by atoms with Gasteiger partial charge in [-0.15, -0.1) is 0 Å². The number of rotatable bonds is 6. The first-order valence-electron chi connectivity index (χ1n) is 7.47. The van der Waals surface area contributed by atoms with Gasteiger partial charge < -0.3 is 15.5 Å². The zero-order valence-electron chi connectivity index (χ0n) is 14.0.